The molecule has 1 aromatic carbocycles. The quantitative estimate of drug-likeness (QED) is 0.860. The lowest BCUT2D eigenvalue weighted by atomic mass is 10.1. The Morgan fingerprint density at radius 2 is 2.19 bits per heavy atom. The molecule has 0 saturated carbocycles. The molecule has 1 atom stereocenters. The number of hydrogen-bond donors (Lipinski definition) is 1. The SMILES string of the molecule is CNCC(C)CCc1nc2ccccc2s1. The van der Waals surface area contributed by atoms with E-state index in [9.17, 15) is 0 Å². The third-order valence-corrected chi connectivity index (χ3v) is 3.84. The number of aromatic nitrogens is 1. The Bertz CT molecular complexity index is 417. The van der Waals surface area contributed by atoms with Gasteiger partial charge in [-0.1, -0.05) is 19.1 Å². The van der Waals surface area contributed by atoms with Crippen molar-refractivity contribution in [3.8, 4) is 0 Å². The van der Waals surface area contributed by atoms with Crippen LogP contribution in [-0.2, 0) is 6.42 Å². The van der Waals surface area contributed by atoms with Crippen molar-refractivity contribution < 1.29 is 0 Å². The first-order valence-electron chi connectivity index (χ1n) is 5.78. The van der Waals surface area contributed by atoms with E-state index in [1.54, 1.807) is 0 Å². The maximum atomic E-state index is 4.64. The summed E-state index contributed by atoms with van der Waals surface area (Å²) in [5.41, 5.74) is 1.14. The fourth-order valence-electron chi connectivity index (χ4n) is 1.85. The number of rotatable bonds is 5. The highest BCUT2D eigenvalue weighted by Gasteiger charge is 2.05. The normalized spacial score (nSPS) is 13.1. The molecule has 2 nitrogen and oxygen atoms in total. The zero-order chi connectivity index (χ0) is 11.4. The van der Waals surface area contributed by atoms with Gasteiger partial charge in [0.1, 0.15) is 0 Å². The number of hydrogen-bond acceptors (Lipinski definition) is 3. The van der Waals surface area contributed by atoms with E-state index in [0.29, 0.717) is 0 Å². The molecular weight excluding hydrogens is 216 g/mol. The van der Waals surface area contributed by atoms with Crippen molar-refractivity contribution in [3.05, 3.63) is 29.3 Å². The zero-order valence-corrected chi connectivity index (χ0v) is 10.7. The summed E-state index contributed by atoms with van der Waals surface area (Å²) in [5, 5.41) is 4.48. The highest BCUT2D eigenvalue weighted by molar-refractivity contribution is 7.18. The molecule has 16 heavy (non-hydrogen) atoms. The van der Waals surface area contributed by atoms with E-state index in [4.69, 9.17) is 0 Å². The number of nitrogens with one attached hydrogen (secondary N) is 1. The van der Waals surface area contributed by atoms with Crippen molar-refractivity contribution in [2.75, 3.05) is 13.6 Å². The summed E-state index contributed by atoms with van der Waals surface area (Å²) in [5.74, 6) is 0.719. The second-order valence-corrected chi connectivity index (χ2v) is 5.39. The van der Waals surface area contributed by atoms with Gasteiger partial charge < -0.3 is 5.32 Å². The maximum absolute atomic E-state index is 4.64. The molecule has 0 fully saturated rings. The summed E-state index contributed by atoms with van der Waals surface area (Å²) in [7, 11) is 2.01. The molecule has 1 heterocycles. The number of nitrogens with zero attached hydrogens (tertiary/aromatic N) is 1. The molecule has 86 valence electrons. The number of fused-ring (bicyclic) bond motifs is 1. The summed E-state index contributed by atoms with van der Waals surface area (Å²) < 4.78 is 1.30. The van der Waals surface area contributed by atoms with Crippen molar-refractivity contribution in [1.82, 2.24) is 10.3 Å². The monoisotopic (exact) mass is 234 g/mol. The molecule has 0 amide bonds. The molecule has 0 aliphatic heterocycles. The van der Waals surface area contributed by atoms with Crippen LogP contribution in [0.15, 0.2) is 24.3 Å². The second-order valence-electron chi connectivity index (χ2n) is 4.28. The Morgan fingerprint density at radius 1 is 1.38 bits per heavy atom. The van der Waals surface area contributed by atoms with Crippen LogP contribution in [0.3, 0.4) is 0 Å². The van der Waals surface area contributed by atoms with Crippen molar-refractivity contribution in [2.24, 2.45) is 5.92 Å². The Balaban J connectivity index is 1.99. The Morgan fingerprint density at radius 3 is 2.94 bits per heavy atom. The molecule has 2 aromatic rings. The van der Waals surface area contributed by atoms with Gasteiger partial charge in [0.25, 0.3) is 0 Å². The second kappa shape index (κ2) is 5.41. The summed E-state index contributed by atoms with van der Waals surface area (Å²) in [6.45, 7) is 3.37. The van der Waals surface area contributed by atoms with Gasteiger partial charge in [0.2, 0.25) is 0 Å². The smallest absolute Gasteiger partial charge is 0.0938 e. The predicted molar refractivity (Wildman–Crippen MR) is 71.0 cm³/mol. The summed E-state index contributed by atoms with van der Waals surface area (Å²) >= 11 is 1.83. The topological polar surface area (TPSA) is 24.9 Å². The average Bonchev–Trinajstić information content (AvgIpc) is 2.69. The van der Waals surface area contributed by atoms with Crippen LogP contribution < -0.4 is 5.32 Å². The summed E-state index contributed by atoms with van der Waals surface area (Å²) in [6, 6.07) is 8.36. The van der Waals surface area contributed by atoms with Gasteiger partial charge in [-0.3, -0.25) is 0 Å². The van der Waals surface area contributed by atoms with Crippen molar-refractivity contribution in [1.29, 1.82) is 0 Å². The largest absolute Gasteiger partial charge is 0.319 e. The molecule has 1 N–H and O–H groups in total. The van der Waals surface area contributed by atoms with Crippen LogP contribution >= 0.6 is 11.3 Å². The first-order valence-corrected chi connectivity index (χ1v) is 6.60. The van der Waals surface area contributed by atoms with Crippen LogP contribution in [0.5, 0.6) is 0 Å². The Kier molecular flexibility index (Phi) is 3.91. The Labute approximate surface area is 101 Å². The lowest BCUT2D eigenvalue weighted by molar-refractivity contribution is 0.504. The minimum atomic E-state index is 0.719. The van der Waals surface area contributed by atoms with Gasteiger partial charge in [-0.05, 0) is 44.5 Å². The van der Waals surface area contributed by atoms with Crippen LogP contribution in [0.25, 0.3) is 10.2 Å². The molecule has 2 rings (SSSR count). The average molecular weight is 234 g/mol. The lowest BCUT2D eigenvalue weighted by Crippen LogP contribution is -2.16. The molecule has 0 radical (unpaired) electrons. The fraction of sp³-hybridized carbons (Fsp3) is 0.462. The summed E-state index contributed by atoms with van der Waals surface area (Å²) in [6.07, 6.45) is 2.31. The van der Waals surface area contributed by atoms with Crippen LogP contribution in [0.2, 0.25) is 0 Å². The van der Waals surface area contributed by atoms with Gasteiger partial charge in [0.05, 0.1) is 15.2 Å². The van der Waals surface area contributed by atoms with Gasteiger partial charge in [-0.2, -0.15) is 0 Å². The molecule has 1 unspecified atom stereocenters. The van der Waals surface area contributed by atoms with Crippen molar-refractivity contribution in [2.45, 2.75) is 19.8 Å². The van der Waals surface area contributed by atoms with Gasteiger partial charge >= 0.3 is 0 Å². The van der Waals surface area contributed by atoms with E-state index >= 15 is 0 Å². The molecule has 0 saturated heterocycles. The highest BCUT2D eigenvalue weighted by Crippen LogP contribution is 2.23. The van der Waals surface area contributed by atoms with Crippen LogP contribution in [0.1, 0.15) is 18.4 Å². The van der Waals surface area contributed by atoms with E-state index in [0.717, 1.165) is 24.4 Å². The van der Waals surface area contributed by atoms with E-state index < -0.39 is 0 Å². The van der Waals surface area contributed by atoms with Gasteiger partial charge in [0.15, 0.2) is 0 Å². The van der Waals surface area contributed by atoms with Crippen molar-refractivity contribution >= 4 is 21.6 Å². The molecule has 1 aromatic heterocycles. The van der Waals surface area contributed by atoms with E-state index in [1.807, 2.05) is 18.4 Å². The molecule has 0 bridgehead atoms. The van der Waals surface area contributed by atoms with Gasteiger partial charge in [-0.25, -0.2) is 4.98 Å². The van der Waals surface area contributed by atoms with Crippen LogP contribution in [-0.4, -0.2) is 18.6 Å². The number of thiazole rings is 1. The van der Waals surface area contributed by atoms with Crippen LogP contribution in [0, 0.1) is 5.92 Å². The first kappa shape index (κ1) is 11.6. The third-order valence-electron chi connectivity index (χ3n) is 2.74. The zero-order valence-electron chi connectivity index (χ0n) is 9.86. The number of benzene rings is 1. The standard InChI is InChI=1S/C13H18N2S/c1-10(9-14-2)7-8-13-15-11-5-3-4-6-12(11)16-13/h3-6,10,14H,7-9H2,1-2H3. The molecule has 0 aliphatic rings. The molecule has 3 heteroatoms. The van der Waals surface area contributed by atoms with E-state index in [-0.39, 0.29) is 0 Å². The first-order chi connectivity index (χ1) is 7.79. The minimum absolute atomic E-state index is 0.719. The van der Waals surface area contributed by atoms with Crippen LogP contribution in [0.4, 0.5) is 0 Å². The van der Waals surface area contributed by atoms with E-state index in [1.165, 1.54) is 16.1 Å². The number of aryl methyl sites for hydroxylation is 1. The molecule has 0 spiro atoms. The number of para-hydroxylation sites is 1. The Hall–Kier alpha value is -0.930. The lowest BCUT2D eigenvalue weighted by Gasteiger charge is -2.08. The molecular formula is C13H18N2S. The summed E-state index contributed by atoms with van der Waals surface area (Å²) in [4.78, 5) is 4.64. The van der Waals surface area contributed by atoms with Gasteiger partial charge in [0, 0.05) is 0 Å². The van der Waals surface area contributed by atoms with Crippen molar-refractivity contribution in [3.63, 3.8) is 0 Å². The minimum Gasteiger partial charge on any atom is -0.319 e. The maximum Gasteiger partial charge on any atom is 0.0938 e. The molecule has 0 aliphatic carbocycles. The highest BCUT2D eigenvalue weighted by atomic mass is 32.1. The van der Waals surface area contributed by atoms with E-state index in [2.05, 4.69) is 41.5 Å². The fourth-order valence-corrected chi connectivity index (χ4v) is 2.83. The third kappa shape index (κ3) is 2.80. The predicted octanol–water partition coefficient (Wildman–Crippen LogP) is 3.08. The van der Waals surface area contributed by atoms with Gasteiger partial charge in [-0.15, -0.1) is 11.3 Å².